The molecule has 0 aromatic heterocycles. The van der Waals surface area contributed by atoms with Crippen LogP contribution in [0.1, 0.15) is 43.7 Å². The van der Waals surface area contributed by atoms with E-state index >= 15 is 0 Å². The first-order valence-corrected chi connectivity index (χ1v) is 8.03. The number of esters is 1. The fourth-order valence-electron chi connectivity index (χ4n) is 2.30. The lowest BCUT2D eigenvalue weighted by Crippen LogP contribution is -2.30. The van der Waals surface area contributed by atoms with Gasteiger partial charge >= 0.3 is 5.97 Å². The molecule has 22 heavy (non-hydrogen) atoms. The molecule has 0 aliphatic rings. The Bertz CT molecular complexity index is 468. The number of unbranched alkanes of at least 4 members (excludes halogenated alkanes) is 2. The number of Topliss-reactive ketones (excluding diaryl/α,β-unsaturated/α-hetero) is 1. The quantitative estimate of drug-likeness (QED) is 0.410. The molecule has 1 unspecified atom stereocenters. The van der Waals surface area contributed by atoms with Crippen molar-refractivity contribution in [2.45, 2.75) is 46.0 Å². The topological polar surface area (TPSA) is 69.4 Å². The van der Waals surface area contributed by atoms with Crippen LogP contribution in [-0.4, -0.2) is 24.9 Å². The van der Waals surface area contributed by atoms with Crippen LogP contribution in [0, 0.1) is 12.8 Å². The van der Waals surface area contributed by atoms with Gasteiger partial charge in [0, 0.05) is 0 Å². The molecule has 0 fully saturated rings. The molecule has 0 aliphatic carbocycles. The standard InChI is InChI=1S/C18H27NO3/c1-3-16(17(20)13-19)18(21)22-12-6-4-5-7-15-10-8-14(2)9-11-15/h8-11,16H,3-7,12-13,19H2,1-2H3. The van der Waals surface area contributed by atoms with Crippen LogP contribution >= 0.6 is 0 Å². The molecule has 4 nitrogen and oxygen atoms in total. The predicted octanol–water partition coefficient (Wildman–Crippen LogP) is 2.81. The summed E-state index contributed by atoms with van der Waals surface area (Å²) in [7, 11) is 0. The van der Waals surface area contributed by atoms with E-state index in [-0.39, 0.29) is 12.3 Å². The first-order valence-electron chi connectivity index (χ1n) is 8.03. The molecule has 0 spiro atoms. The van der Waals surface area contributed by atoms with Gasteiger partial charge in [0.2, 0.25) is 0 Å². The molecule has 0 bridgehead atoms. The molecular formula is C18H27NO3. The van der Waals surface area contributed by atoms with Gasteiger partial charge in [0.1, 0.15) is 5.92 Å². The summed E-state index contributed by atoms with van der Waals surface area (Å²) in [4.78, 5) is 23.2. The van der Waals surface area contributed by atoms with Gasteiger partial charge in [0.15, 0.2) is 5.78 Å². The minimum Gasteiger partial charge on any atom is -0.465 e. The molecule has 1 aromatic carbocycles. The summed E-state index contributed by atoms with van der Waals surface area (Å²) in [6.45, 7) is 4.14. The second-order valence-electron chi connectivity index (χ2n) is 5.60. The Labute approximate surface area is 133 Å². The van der Waals surface area contributed by atoms with Crippen LogP contribution in [0.4, 0.5) is 0 Å². The number of aryl methyl sites for hydroxylation is 2. The zero-order chi connectivity index (χ0) is 16.4. The van der Waals surface area contributed by atoms with Crippen molar-refractivity contribution in [3.8, 4) is 0 Å². The second-order valence-corrected chi connectivity index (χ2v) is 5.60. The van der Waals surface area contributed by atoms with Gasteiger partial charge < -0.3 is 10.5 Å². The Kier molecular flexibility index (Phi) is 8.44. The van der Waals surface area contributed by atoms with Crippen molar-refractivity contribution in [1.29, 1.82) is 0 Å². The van der Waals surface area contributed by atoms with Gasteiger partial charge in [0.25, 0.3) is 0 Å². The molecule has 1 aromatic rings. The highest BCUT2D eigenvalue weighted by Crippen LogP contribution is 2.10. The predicted molar refractivity (Wildman–Crippen MR) is 87.5 cm³/mol. The summed E-state index contributed by atoms with van der Waals surface area (Å²) in [5.74, 6) is -1.37. The van der Waals surface area contributed by atoms with Crippen molar-refractivity contribution >= 4 is 11.8 Å². The highest BCUT2D eigenvalue weighted by Gasteiger charge is 2.24. The number of carbonyl (C=O) groups excluding carboxylic acids is 2. The Morgan fingerprint density at radius 3 is 2.41 bits per heavy atom. The number of ketones is 1. The largest absolute Gasteiger partial charge is 0.465 e. The maximum absolute atomic E-state index is 11.8. The SMILES string of the molecule is CCC(C(=O)CN)C(=O)OCCCCCc1ccc(C)cc1. The molecular weight excluding hydrogens is 278 g/mol. The van der Waals surface area contributed by atoms with Crippen LogP contribution in [0.25, 0.3) is 0 Å². The Morgan fingerprint density at radius 2 is 1.82 bits per heavy atom. The first kappa shape index (κ1) is 18.4. The Hall–Kier alpha value is -1.68. The normalized spacial score (nSPS) is 12.0. The van der Waals surface area contributed by atoms with Crippen LogP contribution in [0.2, 0.25) is 0 Å². The van der Waals surface area contributed by atoms with Gasteiger partial charge in [0.05, 0.1) is 13.2 Å². The summed E-state index contributed by atoms with van der Waals surface area (Å²) in [6, 6.07) is 8.55. The van der Waals surface area contributed by atoms with E-state index in [2.05, 4.69) is 31.2 Å². The van der Waals surface area contributed by atoms with Gasteiger partial charge in [-0.05, 0) is 44.6 Å². The van der Waals surface area contributed by atoms with E-state index in [0.717, 1.165) is 25.7 Å². The number of hydrogen-bond acceptors (Lipinski definition) is 4. The third kappa shape index (κ3) is 6.39. The maximum atomic E-state index is 11.8. The number of rotatable bonds is 10. The highest BCUT2D eigenvalue weighted by atomic mass is 16.5. The van der Waals surface area contributed by atoms with E-state index < -0.39 is 11.9 Å². The molecule has 0 aliphatic heterocycles. The minimum atomic E-state index is -0.697. The summed E-state index contributed by atoms with van der Waals surface area (Å²) in [5, 5.41) is 0. The van der Waals surface area contributed by atoms with Gasteiger partial charge in [-0.3, -0.25) is 9.59 Å². The fraction of sp³-hybridized carbons (Fsp3) is 0.556. The molecule has 0 saturated heterocycles. The zero-order valence-corrected chi connectivity index (χ0v) is 13.6. The van der Waals surface area contributed by atoms with Gasteiger partial charge in [-0.25, -0.2) is 0 Å². The van der Waals surface area contributed by atoms with Crippen molar-refractivity contribution < 1.29 is 14.3 Å². The maximum Gasteiger partial charge on any atom is 0.316 e. The van der Waals surface area contributed by atoms with Crippen LogP contribution in [-0.2, 0) is 20.7 Å². The van der Waals surface area contributed by atoms with Crippen molar-refractivity contribution in [3.63, 3.8) is 0 Å². The zero-order valence-electron chi connectivity index (χ0n) is 13.6. The first-order chi connectivity index (χ1) is 10.6. The van der Waals surface area contributed by atoms with Gasteiger partial charge in [-0.1, -0.05) is 36.8 Å². The average Bonchev–Trinajstić information content (AvgIpc) is 2.52. The molecule has 0 radical (unpaired) electrons. The second kappa shape index (κ2) is 10.1. The lowest BCUT2D eigenvalue weighted by atomic mass is 10.0. The van der Waals surface area contributed by atoms with E-state index in [1.807, 2.05) is 0 Å². The lowest BCUT2D eigenvalue weighted by molar-refractivity contribution is -0.152. The van der Waals surface area contributed by atoms with Gasteiger partial charge in [-0.15, -0.1) is 0 Å². The summed E-state index contributed by atoms with van der Waals surface area (Å²) in [5.41, 5.74) is 7.89. The van der Waals surface area contributed by atoms with Crippen molar-refractivity contribution in [2.24, 2.45) is 11.7 Å². The van der Waals surface area contributed by atoms with E-state index in [1.54, 1.807) is 6.92 Å². The molecule has 2 N–H and O–H groups in total. The van der Waals surface area contributed by atoms with E-state index in [4.69, 9.17) is 10.5 Å². The third-order valence-electron chi connectivity index (χ3n) is 3.76. The number of carbonyl (C=O) groups is 2. The summed E-state index contributed by atoms with van der Waals surface area (Å²) >= 11 is 0. The number of nitrogens with two attached hydrogens (primary N) is 1. The molecule has 122 valence electrons. The third-order valence-corrected chi connectivity index (χ3v) is 3.76. The summed E-state index contributed by atoms with van der Waals surface area (Å²) < 4.78 is 5.17. The highest BCUT2D eigenvalue weighted by molar-refractivity contribution is 5.99. The minimum absolute atomic E-state index is 0.107. The number of hydrogen-bond donors (Lipinski definition) is 1. The van der Waals surface area contributed by atoms with Crippen LogP contribution in [0.5, 0.6) is 0 Å². The molecule has 4 heteroatoms. The molecule has 0 saturated carbocycles. The van der Waals surface area contributed by atoms with Crippen LogP contribution in [0.15, 0.2) is 24.3 Å². The fourth-order valence-corrected chi connectivity index (χ4v) is 2.30. The van der Waals surface area contributed by atoms with Crippen molar-refractivity contribution in [3.05, 3.63) is 35.4 Å². The molecule has 1 rings (SSSR count). The molecule has 1 atom stereocenters. The average molecular weight is 305 g/mol. The number of ether oxygens (including phenoxy) is 1. The number of benzene rings is 1. The summed E-state index contributed by atoms with van der Waals surface area (Å²) in [6.07, 6.45) is 4.38. The van der Waals surface area contributed by atoms with E-state index in [9.17, 15) is 9.59 Å². The van der Waals surface area contributed by atoms with Crippen molar-refractivity contribution in [2.75, 3.05) is 13.2 Å². The Balaban J connectivity index is 2.15. The Morgan fingerprint density at radius 1 is 1.14 bits per heavy atom. The lowest BCUT2D eigenvalue weighted by Gasteiger charge is -2.12. The van der Waals surface area contributed by atoms with Crippen LogP contribution < -0.4 is 5.73 Å². The smallest absolute Gasteiger partial charge is 0.316 e. The monoisotopic (exact) mass is 305 g/mol. The van der Waals surface area contributed by atoms with Crippen LogP contribution in [0.3, 0.4) is 0 Å². The van der Waals surface area contributed by atoms with E-state index in [0.29, 0.717) is 13.0 Å². The van der Waals surface area contributed by atoms with E-state index in [1.165, 1.54) is 11.1 Å². The molecule has 0 amide bonds. The molecule has 0 heterocycles. The van der Waals surface area contributed by atoms with Crippen molar-refractivity contribution in [1.82, 2.24) is 0 Å². The van der Waals surface area contributed by atoms with Gasteiger partial charge in [-0.2, -0.15) is 0 Å².